The van der Waals surface area contributed by atoms with Gasteiger partial charge in [0, 0.05) is 47.5 Å². The lowest BCUT2D eigenvalue weighted by atomic mass is 9.68. The molecule has 0 radical (unpaired) electrons. The summed E-state index contributed by atoms with van der Waals surface area (Å²) in [5.41, 5.74) is 7.63. The Balaban J connectivity index is 1.79. The van der Waals surface area contributed by atoms with Crippen molar-refractivity contribution in [3.8, 4) is 0 Å². The van der Waals surface area contributed by atoms with Gasteiger partial charge in [0.15, 0.2) is 0 Å². The first kappa shape index (κ1) is 20.6. The van der Waals surface area contributed by atoms with Crippen LogP contribution in [0.1, 0.15) is 45.3 Å². The number of nitrogens with zero attached hydrogens (tertiary/aromatic N) is 1. The molecule has 1 aliphatic heterocycles. The minimum absolute atomic E-state index is 0.0321. The van der Waals surface area contributed by atoms with E-state index in [1.165, 1.54) is 6.92 Å². The Morgan fingerprint density at radius 2 is 2.10 bits per heavy atom. The second-order valence-corrected chi connectivity index (χ2v) is 8.82. The predicted octanol–water partition coefficient (Wildman–Crippen LogP) is 2.18. The molecule has 0 bridgehead atoms. The summed E-state index contributed by atoms with van der Waals surface area (Å²) >= 11 is 0. The Labute approximate surface area is 175 Å². The van der Waals surface area contributed by atoms with E-state index >= 15 is 0 Å². The number of primary amides is 1. The summed E-state index contributed by atoms with van der Waals surface area (Å²) in [7, 11) is 0. The maximum Gasteiger partial charge on any atom is 0.237 e. The van der Waals surface area contributed by atoms with E-state index in [-0.39, 0.29) is 24.5 Å². The summed E-state index contributed by atoms with van der Waals surface area (Å²) in [4.78, 5) is 23.6. The van der Waals surface area contributed by atoms with E-state index in [4.69, 9.17) is 10.5 Å². The van der Waals surface area contributed by atoms with E-state index in [0.717, 1.165) is 28.5 Å². The lowest BCUT2D eigenvalue weighted by Crippen LogP contribution is -2.62. The monoisotopic (exact) mass is 411 g/mol. The van der Waals surface area contributed by atoms with E-state index in [1.807, 2.05) is 55.0 Å². The molecule has 2 amide bonds. The smallest absolute Gasteiger partial charge is 0.237 e. The van der Waals surface area contributed by atoms with Gasteiger partial charge in [0.25, 0.3) is 0 Å². The van der Waals surface area contributed by atoms with Crippen molar-refractivity contribution in [2.75, 3.05) is 0 Å². The van der Waals surface area contributed by atoms with Crippen LogP contribution in [0.5, 0.6) is 0 Å². The molecule has 7 heteroatoms. The summed E-state index contributed by atoms with van der Waals surface area (Å²) < 4.78 is 8.32. The lowest BCUT2D eigenvalue weighted by Gasteiger charge is -2.52. The van der Waals surface area contributed by atoms with Crippen LogP contribution in [0.25, 0.3) is 10.9 Å². The van der Waals surface area contributed by atoms with Crippen molar-refractivity contribution in [2.24, 2.45) is 11.7 Å². The number of nitrogens with two attached hydrogens (primary N) is 1. The highest BCUT2D eigenvalue weighted by molar-refractivity contribution is 5.86. The fourth-order valence-electron chi connectivity index (χ4n) is 5.17. The maximum atomic E-state index is 12.0. The standard InChI is InChI=1S/C23H29N3O4/c1-13-8-9-17-22(21(13)29)30-19(10-23(17,3)25-14(2)27)16-11-26(12-20(24)28)18-7-5-4-6-15(16)18/h4-8,11,17,19,21-22,29H,9-10,12H2,1-3H3,(H2,24,28)(H,25,27)/t17-,19+,21-,22-,23+/m1/s1. The molecule has 1 saturated heterocycles. The van der Waals surface area contributed by atoms with E-state index in [2.05, 4.69) is 5.32 Å². The maximum absolute atomic E-state index is 12.0. The van der Waals surface area contributed by atoms with Gasteiger partial charge in [-0.2, -0.15) is 0 Å². The number of fused-ring (bicyclic) bond motifs is 2. The number of ether oxygens (including phenoxy) is 1. The third-order valence-corrected chi connectivity index (χ3v) is 6.57. The normalized spacial score (nSPS) is 31.1. The van der Waals surface area contributed by atoms with Crippen LogP contribution in [-0.4, -0.2) is 39.2 Å². The quantitative estimate of drug-likeness (QED) is 0.671. The number of hydrogen-bond donors (Lipinski definition) is 3. The van der Waals surface area contributed by atoms with E-state index in [1.54, 1.807) is 0 Å². The molecular formula is C23H29N3O4. The van der Waals surface area contributed by atoms with E-state index < -0.39 is 23.7 Å². The van der Waals surface area contributed by atoms with Crippen LogP contribution in [0, 0.1) is 5.92 Å². The molecule has 5 atom stereocenters. The molecule has 1 aromatic carbocycles. The molecule has 0 saturated carbocycles. The number of rotatable bonds is 4. The molecule has 0 spiro atoms. The molecule has 160 valence electrons. The van der Waals surface area contributed by atoms with Crippen molar-refractivity contribution in [3.63, 3.8) is 0 Å². The Morgan fingerprint density at radius 3 is 2.80 bits per heavy atom. The van der Waals surface area contributed by atoms with Crippen molar-refractivity contribution in [2.45, 2.75) is 64.0 Å². The number of carbonyl (C=O) groups is 2. The average molecular weight is 412 g/mol. The van der Waals surface area contributed by atoms with Gasteiger partial charge in [-0.15, -0.1) is 0 Å². The molecule has 1 fully saturated rings. The van der Waals surface area contributed by atoms with Crippen LogP contribution >= 0.6 is 0 Å². The van der Waals surface area contributed by atoms with Crippen molar-refractivity contribution in [1.82, 2.24) is 9.88 Å². The zero-order chi connectivity index (χ0) is 21.6. The molecule has 1 aliphatic carbocycles. The second-order valence-electron chi connectivity index (χ2n) is 8.82. The number of aliphatic hydroxyl groups excluding tert-OH is 1. The molecule has 30 heavy (non-hydrogen) atoms. The number of carbonyl (C=O) groups excluding carboxylic acids is 2. The molecule has 1 aromatic heterocycles. The van der Waals surface area contributed by atoms with Crippen LogP contribution in [-0.2, 0) is 20.9 Å². The third-order valence-electron chi connectivity index (χ3n) is 6.57. The van der Waals surface area contributed by atoms with Crippen LogP contribution in [0.2, 0.25) is 0 Å². The van der Waals surface area contributed by atoms with Gasteiger partial charge in [-0.05, 0) is 31.9 Å². The van der Waals surface area contributed by atoms with Gasteiger partial charge in [0.05, 0.1) is 12.2 Å². The van der Waals surface area contributed by atoms with Gasteiger partial charge in [-0.25, -0.2) is 0 Å². The van der Waals surface area contributed by atoms with Crippen LogP contribution in [0.4, 0.5) is 0 Å². The zero-order valence-corrected chi connectivity index (χ0v) is 17.6. The van der Waals surface area contributed by atoms with E-state index in [9.17, 15) is 14.7 Å². The number of aliphatic hydroxyl groups is 1. The number of nitrogens with one attached hydrogen (secondary N) is 1. The van der Waals surface area contributed by atoms with Gasteiger partial charge < -0.3 is 25.5 Å². The summed E-state index contributed by atoms with van der Waals surface area (Å²) in [5, 5.41) is 15.0. The molecule has 2 aromatic rings. The number of amides is 2. The predicted molar refractivity (Wildman–Crippen MR) is 113 cm³/mol. The highest BCUT2D eigenvalue weighted by Crippen LogP contribution is 2.47. The molecule has 4 N–H and O–H groups in total. The van der Waals surface area contributed by atoms with Crippen LogP contribution in [0.3, 0.4) is 0 Å². The average Bonchev–Trinajstić information content (AvgIpc) is 3.02. The molecule has 0 unspecified atom stereocenters. The summed E-state index contributed by atoms with van der Waals surface area (Å²) in [5.74, 6) is -0.553. The van der Waals surface area contributed by atoms with Crippen molar-refractivity contribution in [1.29, 1.82) is 0 Å². The largest absolute Gasteiger partial charge is 0.386 e. The molecule has 4 rings (SSSR count). The van der Waals surface area contributed by atoms with Crippen molar-refractivity contribution in [3.05, 3.63) is 47.7 Å². The van der Waals surface area contributed by atoms with Gasteiger partial charge in [0.2, 0.25) is 11.8 Å². The summed E-state index contributed by atoms with van der Waals surface area (Å²) in [6.45, 7) is 5.53. The first-order valence-corrected chi connectivity index (χ1v) is 10.3. The SMILES string of the molecule is CC(=O)N[C@@]1(C)C[C@@H](c2cn(CC(N)=O)c3ccccc23)O[C@H]2[C@H](O)C(C)=CC[C@H]21. The molecule has 7 nitrogen and oxygen atoms in total. The number of allylic oxidation sites excluding steroid dienone is 1. The van der Waals surface area contributed by atoms with Gasteiger partial charge >= 0.3 is 0 Å². The first-order valence-electron chi connectivity index (χ1n) is 10.3. The summed E-state index contributed by atoms with van der Waals surface area (Å²) in [6, 6.07) is 7.81. The molecule has 2 heterocycles. The Morgan fingerprint density at radius 1 is 1.37 bits per heavy atom. The second kappa shape index (κ2) is 7.56. The Kier molecular flexibility index (Phi) is 5.20. The Hall–Kier alpha value is -2.64. The minimum Gasteiger partial charge on any atom is -0.386 e. The topological polar surface area (TPSA) is 107 Å². The Bertz CT molecular complexity index is 1030. The van der Waals surface area contributed by atoms with Crippen molar-refractivity contribution >= 4 is 22.7 Å². The van der Waals surface area contributed by atoms with Gasteiger partial charge in [0.1, 0.15) is 12.6 Å². The third kappa shape index (κ3) is 3.52. The number of aromatic nitrogens is 1. The number of para-hydroxylation sites is 1. The zero-order valence-electron chi connectivity index (χ0n) is 17.6. The van der Waals surface area contributed by atoms with Crippen LogP contribution < -0.4 is 11.1 Å². The fourth-order valence-corrected chi connectivity index (χ4v) is 5.17. The lowest BCUT2D eigenvalue weighted by molar-refractivity contribution is -0.165. The number of benzene rings is 1. The molecule has 2 aliphatic rings. The highest BCUT2D eigenvalue weighted by Gasteiger charge is 2.51. The van der Waals surface area contributed by atoms with Crippen molar-refractivity contribution < 1.29 is 19.4 Å². The molecular weight excluding hydrogens is 382 g/mol. The highest BCUT2D eigenvalue weighted by atomic mass is 16.5. The number of hydrogen-bond acceptors (Lipinski definition) is 4. The van der Waals surface area contributed by atoms with Crippen LogP contribution in [0.15, 0.2) is 42.1 Å². The van der Waals surface area contributed by atoms with Gasteiger partial charge in [-0.1, -0.05) is 24.3 Å². The minimum atomic E-state index is -0.724. The fraction of sp³-hybridized carbons (Fsp3) is 0.478. The first-order chi connectivity index (χ1) is 14.2. The van der Waals surface area contributed by atoms with E-state index in [0.29, 0.717) is 6.42 Å². The van der Waals surface area contributed by atoms with Gasteiger partial charge in [-0.3, -0.25) is 9.59 Å². The summed E-state index contributed by atoms with van der Waals surface area (Å²) in [6.07, 6.45) is 3.75.